The fraction of sp³-hybridized carbons (Fsp3) is 0.560. The number of benzene rings is 1. The number of alkyl halides is 3. The van der Waals surface area contributed by atoms with E-state index in [2.05, 4.69) is 20.4 Å². The molecule has 2 saturated heterocycles. The minimum atomic E-state index is -2.71. The van der Waals surface area contributed by atoms with Crippen LogP contribution in [-0.4, -0.2) is 80.3 Å². The van der Waals surface area contributed by atoms with Gasteiger partial charge in [0.1, 0.15) is 12.2 Å². The van der Waals surface area contributed by atoms with Gasteiger partial charge in [-0.3, -0.25) is 9.58 Å². The third-order valence-corrected chi connectivity index (χ3v) is 7.81. The molecule has 1 aliphatic carbocycles. The molecule has 1 saturated carbocycles. The lowest BCUT2D eigenvalue weighted by Gasteiger charge is -2.39. The zero-order chi connectivity index (χ0) is 25.2. The van der Waals surface area contributed by atoms with Crippen molar-refractivity contribution in [2.75, 3.05) is 31.6 Å². The Morgan fingerprint density at radius 2 is 2.00 bits per heavy atom. The van der Waals surface area contributed by atoms with Crippen molar-refractivity contribution in [1.82, 2.24) is 24.6 Å². The summed E-state index contributed by atoms with van der Waals surface area (Å²) < 4.78 is 49.1. The fourth-order valence-corrected chi connectivity index (χ4v) is 5.57. The van der Waals surface area contributed by atoms with E-state index < -0.39 is 24.2 Å². The molecule has 2 N–H and O–H groups in total. The van der Waals surface area contributed by atoms with Gasteiger partial charge in [-0.15, -0.1) is 0 Å². The lowest BCUT2D eigenvalue weighted by atomic mass is 9.84. The molecule has 1 aromatic carbocycles. The maximum absolute atomic E-state index is 15.4. The first-order valence-corrected chi connectivity index (χ1v) is 12.3. The van der Waals surface area contributed by atoms with E-state index in [0.29, 0.717) is 49.0 Å². The van der Waals surface area contributed by atoms with E-state index in [1.807, 2.05) is 24.0 Å². The SMILES string of the molecule is Cc1cc2cnc(Nc3cnn(C4CC4(F)F)c3C)nc2cc1[C@@H]1CCN([C@@H]2COC[C@@H]2O)C[C@H]1F. The summed E-state index contributed by atoms with van der Waals surface area (Å²) in [6.45, 7) is 5.38. The van der Waals surface area contributed by atoms with Gasteiger partial charge >= 0.3 is 0 Å². The van der Waals surface area contributed by atoms with Crippen LogP contribution in [-0.2, 0) is 4.74 Å². The van der Waals surface area contributed by atoms with E-state index in [0.717, 1.165) is 16.5 Å². The highest BCUT2D eigenvalue weighted by molar-refractivity contribution is 5.81. The Kier molecular flexibility index (Phi) is 5.69. The minimum Gasteiger partial charge on any atom is -0.389 e. The molecule has 2 aromatic heterocycles. The van der Waals surface area contributed by atoms with E-state index in [1.54, 1.807) is 13.1 Å². The van der Waals surface area contributed by atoms with Gasteiger partial charge < -0.3 is 15.2 Å². The number of hydrogen-bond donors (Lipinski definition) is 2. The van der Waals surface area contributed by atoms with E-state index in [9.17, 15) is 13.9 Å². The quantitative estimate of drug-likeness (QED) is 0.551. The van der Waals surface area contributed by atoms with Crippen LogP contribution >= 0.6 is 0 Å². The van der Waals surface area contributed by atoms with Gasteiger partial charge in [-0.1, -0.05) is 0 Å². The predicted molar refractivity (Wildman–Crippen MR) is 128 cm³/mol. The number of aliphatic hydroxyl groups excluding tert-OH is 1. The number of likely N-dealkylation sites (tertiary alicyclic amines) is 1. The van der Waals surface area contributed by atoms with Gasteiger partial charge in [0.05, 0.1) is 48.5 Å². The summed E-state index contributed by atoms with van der Waals surface area (Å²) in [6.07, 6.45) is 2.00. The van der Waals surface area contributed by atoms with Crippen LogP contribution in [0.15, 0.2) is 24.5 Å². The zero-order valence-electron chi connectivity index (χ0n) is 20.2. The smallest absolute Gasteiger partial charge is 0.272 e. The molecule has 192 valence electrons. The van der Waals surface area contributed by atoms with Crippen molar-refractivity contribution in [3.8, 4) is 0 Å². The van der Waals surface area contributed by atoms with E-state index in [4.69, 9.17) is 4.74 Å². The molecule has 2 aliphatic heterocycles. The summed E-state index contributed by atoms with van der Waals surface area (Å²) in [4.78, 5) is 11.0. The summed E-state index contributed by atoms with van der Waals surface area (Å²) in [6, 6.07) is 2.85. The monoisotopic (exact) mass is 502 g/mol. The van der Waals surface area contributed by atoms with Gasteiger partial charge in [0, 0.05) is 30.5 Å². The number of ether oxygens (including phenoxy) is 1. The van der Waals surface area contributed by atoms with Crippen LogP contribution in [0, 0.1) is 13.8 Å². The molecule has 0 spiro atoms. The minimum absolute atomic E-state index is 0.151. The molecule has 3 aromatic rings. The normalized spacial score (nSPS) is 30.1. The molecule has 1 unspecified atom stereocenters. The van der Waals surface area contributed by atoms with Crippen molar-refractivity contribution in [2.45, 2.75) is 62.9 Å². The fourth-order valence-electron chi connectivity index (χ4n) is 5.57. The number of aliphatic hydroxyl groups is 1. The zero-order valence-corrected chi connectivity index (χ0v) is 20.2. The van der Waals surface area contributed by atoms with Crippen molar-refractivity contribution in [3.05, 3.63) is 41.3 Å². The number of fused-ring (bicyclic) bond motifs is 1. The highest BCUT2D eigenvalue weighted by Crippen LogP contribution is 2.53. The van der Waals surface area contributed by atoms with Gasteiger partial charge in [0.15, 0.2) is 0 Å². The third kappa shape index (κ3) is 4.12. The molecular formula is C25H29F3N6O2. The molecule has 0 radical (unpaired) electrons. The van der Waals surface area contributed by atoms with Gasteiger partial charge in [-0.25, -0.2) is 23.1 Å². The number of aromatic nitrogens is 4. The molecule has 6 rings (SSSR count). The lowest BCUT2D eigenvalue weighted by Crippen LogP contribution is -2.50. The Hall–Kier alpha value is -2.76. The Morgan fingerprint density at radius 3 is 2.69 bits per heavy atom. The highest BCUT2D eigenvalue weighted by Gasteiger charge is 2.59. The van der Waals surface area contributed by atoms with Gasteiger partial charge in [0.25, 0.3) is 5.92 Å². The molecule has 11 heteroatoms. The first-order valence-electron chi connectivity index (χ1n) is 12.3. The molecule has 3 aliphatic rings. The number of nitrogens with zero attached hydrogens (tertiary/aromatic N) is 5. The number of hydrogen-bond acceptors (Lipinski definition) is 7. The molecule has 0 bridgehead atoms. The van der Waals surface area contributed by atoms with Crippen LogP contribution in [0.25, 0.3) is 10.9 Å². The van der Waals surface area contributed by atoms with Crippen LogP contribution in [0.5, 0.6) is 0 Å². The van der Waals surface area contributed by atoms with Crippen molar-refractivity contribution in [2.24, 2.45) is 0 Å². The van der Waals surface area contributed by atoms with E-state index >= 15 is 4.39 Å². The van der Waals surface area contributed by atoms with Crippen LogP contribution in [0.2, 0.25) is 0 Å². The predicted octanol–water partition coefficient (Wildman–Crippen LogP) is 3.65. The third-order valence-electron chi connectivity index (χ3n) is 7.81. The highest BCUT2D eigenvalue weighted by atomic mass is 19.3. The lowest BCUT2D eigenvalue weighted by molar-refractivity contribution is 0.0352. The summed E-state index contributed by atoms with van der Waals surface area (Å²) in [5.74, 6) is -2.65. The summed E-state index contributed by atoms with van der Waals surface area (Å²) in [7, 11) is 0. The largest absolute Gasteiger partial charge is 0.389 e. The van der Waals surface area contributed by atoms with Crippen LogP contribution in [0.4, 0.5) is 24.8 Å². The molecule has 36 heavy (non-hydrogen) atoms. The molecule has 5 atom stereocenters. The number of halogens is 3. The van der Waals surface area contributed by atoms with Gasteiger partial charge in [0.2, 0.25) is 5.95 Å². The second-order valence-corrected chi connectivity index (χ2v) is 10.2. The number of nitrogens with one attached hydrogen (secondary N) is 1. The second kappa shape index (κ2) is 8.67. The molecule has 3 fully saturated rings. The topological polar surface area (TPSA) is 88.3 Å². The molecule has 0 amide bonds. The molecule has 8 nitrogen and oxygen atoms in total. The average molecular weight is 503 g/mol. The van der Waals surface area contributed by atoms with E-state index in [-0.39, 0.29) is 24.9 Å². The van der Waals surface area contributed by atoms with Crippen molar-refractivity contribution in [3.63, 3.8) is 0 Å². The first kappa shape index (κ1) is 23.6. The Labute approximate surface area is 206 Å². The Bertz CT molecular complexity index is 1300. The number of anilines is 2. The van der Waals surface area contributed by atoms with E-state index in [1.165, 1.54) is 10.9 Å². The van der Waals surface area contributed by atoms with Crippen LogP contribution in [0.3, 0.4) is 0 Å². The van der Waals surface area contributed by atoms with Crippen molar-refractivity contribution < 1.29 is 23.0 Å². The standard InChI is InChI=1S/C25H29F3N6O2/c1-13-5-15-8-29-24(32-20-9-30-34(14(20)2)23-7-25(23,27)28)31-19(15)6-17(13)16-3-4-33(10-18(16)26)21-11-36-12-22(21)35/h5-6,8-9,16,18,21-23,35H,3-4,7,10-12H2,1-2H3,(H,29,31,32)/t16-,18+,21+,22-,23?/m0/s1. The van der Waals surface area contributed by atoms with Crippen LogP contribution < -0.4 is 5.32 Å². The van der Waals surface area contributed by atoms with Gasteiger partial charge in [-0.05, 0) is 50.1 Å². The average Bonchev–Trinajstić information content (AvgIpc) is 3.12. The molecule has 4 heterocycles. The maximum atomic E-state index is 15.4. The Morgan fingerprint density at radius 1 is 1.19 bits per heavy atom. The summed E-state index contributed by atoms with van der Waals surface area (Å²) >= 11 is 0. The Balaban J connectivity index is 1.22. The summed E-state index contributed by atoms with van der Waals surface area (Å²) in [5.41, 5.74) is 3.75. The number of aryl methyl sites for hydroxylation is 1. The maximum Gasteiger partial charge on any atom is 0.272 e. The second-order valence-electron chi connectivity index (χ2n) is 10.2. The molecular weight excluding hydrogens is 473 g/mol. The van der Waals surface area contributed by atoms with Gasteiger partial charge in [-0.2, -0.15) is 5.10 Å². The summed E-state index contributed by atoms with van der Waals surface area (Å²) in [5, 5.41) is 18.2. The van der Waals surface area contributed by atoms with Crippen molar-refractivity contribution >= 4 is 22.5 Å². The first-order chi connectivity index (χ1) is 17.2. The van der Waals surface area contributed by atoms with Crippen molar-refractivity contribution in [1.29, 1.82) is 0 Å². The number of piperidine rings is 1. The number of rotatable bonds is 5. The van der Waals surface area contributed by atoms with Crippen LogP contribution in [0.1, 0.15) is 41.6 Å².